The Hall–Kier alpha value is -2.95. The van der Waals surface area contributed by atoms with Crippen LogP contribution in [0.3, 0.4) is 0 Å². The van der Waals surface area contributed by atoms with Crippen LogP contribution in [0.15, 0.2) is 59.4 Å². The summed E-state index contributed by atoms with van der Waals surface area (Å²) in [5.74, 6) is -0.269. The topological polar surface area (TPSA) is 64.0 Å². The van der Waals surface area contributed by atoms with Crippen LogP contribution in [0.1, 0.15) is 41.9 Å². The molecule has 0 saturated carbocycles. The molecule has 25 heavy (non-hydrogen) atoms. The molecule has 0 radical (unpaired) electrons. The Morgan fingerprint density at radius 3 is 2.40 bits per heavy atom. The Balaban J connectivity index is 1.99. The molecule has 1 aromatic heterocycles. The third-order valence-corrected chi connectivity index (χ3v) is 4.26. The van der Waals surface area contributed by atoms with E-state index in [9.17, 15) is 9.59 Å². The minimum atomic E-state index is -0.269. The molecule has 3 rings (SSSR count). The summed E-state index contributed by atoms with van der Waals surface area (Å²) in [6, 6.07) is 16.9. The summed E-state index contributed by atoms with van der Waals surface area (Å²) in [4.78, 5) is 25.1. The Labute approximate surface area is 146 Å². The van der Waals surface area contributed by atoms with E-state index >= 15 is 0 Å². The van der Waals surface area contributed by atoms with Gasteiger partial charge in [0.25, 0.3) is 11.5 Å². The maximum atomic E-state index is 12.9. The van der Waals surface area contributed by atoms with Crippen molar-refractivity contribution in [1.29, 1.82) is 0 Å². The van der Waals surface area contributed by atoms with Crippen LogP contribution in [-0.4, -0.2) is 15.7 Å². The molecule has 0 fully saturated rings. The molecule has 3 aromatic rings. The number of rotatable bonds is 5. The first-order valence-electron chi connectivity index (χ1n) is 8.43. The van der Waals surface area contributed by atoms with Gasteiger partial charge >= 0.3 is 0 Å². The molecule has 2 aromatic carbocycles. The minimum absolute atomic E-state index is 0.0866. The highest BCUT2D eigenvalue weighted by Gasteiger charge is 2.19. The molecule has 1 amide bonds. The van der Waals surface area contributed by atoms with E-state index in [1.165, 1.54) is 4.68 Å². The van der Waals surface area contributed by atoms with Crippen LogP contribution in [-0.2, 0) is 7.05 Å². The number of aryl methyl sites for hydroxylation is 1. The fourth-order valence-electron chi connectivity index (χ4n) is 2.99. The van der Waals surface area contributed by atoms with Gasteiger partial charge in [0.1, 0.15) is 0 Å². The average molecular weight is 335 g/mol. The van der Waals surface area contributed by atoms with Crippen LogP contribution >= 0.6 is 0 Å². The second-order valence-electron chi connectivity index (χ2n) is 6.05. The minimum Gasteiger partial charge on any atom is -0.344 e. The lowest BCUT2D eigenvalue weighted by atomic mass is 10.0. The Kier molecular flexibility index (Phi) is 4.93. The maximum absolute atomic E-state index is 12.9. The van der Waals surface area contributed by atoms with Gasteiger partial charge in [-0.1, -0.05) is 61.9 Å². The second-order valence-corrected chi connectivity index (χ2v) is 6.05. The molecule has 0 spiro atoms. The molecule has 0 saturated heterocycles. The maximum Gasteiger partial charge on any atom is 0.274 e. The first kappa shape index (κ1) is 16.9. The van der Waals surface area contributed by atoms with Crippen molar-refractivity contribution in [1.82, 2.24) is 15.1 Å². The monoisotopic (exact) mass is 335 g/mol. The largest absolute Gasteiger partial charge is 0.344 e. The number of benzene rings is 2. The van der Waals surface area contributed by atoms with Crippen molar-refractivity contribution >= 4 is 16.7 Å². The van der Waals surface area contributed by atoms with Gasteiger partial charge in [-0.15, -0.1) is 0 Å². The standard InChI is InChI=1S/C20H21N3O2/c1-3-9-17(14-10-5-4-6-11-14)21-19(24)18-15-12-7-8-13-16(15)20(25)23(2)22-18/h4-8,10-13,17H,3,9H2,1-2H3,(H,21,24). The summed E-state index contributed by atoms with van der Waals surface area (Å²) in [6.45, 7) is 2.09. The van der Waals surface area contributed by atoms with E-state index in [4.69, 9.17) is 0 Å². The van der Waals surface area contributed by atoms with E-state index in [2.05, 4.69) is 17.3 Å². The summed E-state index contributed by atoms with van der Waals surface area (Å²) in [5.41, 5.74) is 1.13. The fraction of sp³-hybridized carbons (Fsp3) is 0.250. The van der Waals surface area contributed by atoms with Gasteiger partial charge in [0.05, 0.1) is 11.4 Å². The van der Waals surface area contributed by atoms with E-state index in [1.807, 2.05) is 30.3 Å². The van der Waals surface area contributed by atoms with E-state index in [0.29, 0.717) is 10.8 Å². The van der Waals surface area contributed by atoms with Crippen LogP contribution < -0.4 is 10.9 Å². The van der Waals surface area contributed by atoms with Crippen molar-refractivity contribution in [3.8, 4) is 0 Å². The summed E-state index contributed by atoms with van der Waals surface area (Å²) in [5, 5.41) is 8.34. The molecule has 0 aliphatic rings. The predicted octanol–water partition coefficient (Wildman–Crippen LogP) is 3.20. The fourth-order valence-corrected chi connectivity index (χ4v) is 2.99. The summed E-state index contributed by atoms with van der Waals surface area (Å²) < 4.78 is 1.22. The first-order chi connectivity index (χ1) is 12.1. The van der Waals surface area contributed by atoms with Crippen molar-refractivity contribution in [2.24, 2.45) is 7.05 Å². The normalized spacial score (nSPS) is 12.1. The number of carbonyl (C=O) groups is 1. The molecule has 128 valence electrons. The first-order valence-corrected chi connectivity index (χ1v) is 8.43. The van der Waals surface area contributed by atoms with Crippen molar-refractivity contribution < 1.29 is 4.79 Å². The lowest BCUT2D eigenvalue weighted by Crippen LogP contribution is -2.32. The number of hydrogen-bond acceptors (Lipinski definition) is 3. The molecule has 5 nitrogen and oxygen atoms in total. The molecule has 1 atom stereocenters. The van der Waals surface area contributed by atoms with E-state index in [-0.39, 0.29) is 23.2 Å². The zero-order chi connectivity index (χ0) is 17.8. The van der Waals surface area contributed by atoms with Crippen molar-refractivity contribution in [2.45, 2.75) is 25.8 Å². The quantitative estimate of drug-likeness (QED) is 0.779. The highest BCUT2D eigenvalue weighted by Crippen LogP contribution is 2.20. The van der Waals surface area contributed by atoms with Gasteiger partial charge in [-0.25, -0.2) is 4.68 Å². The average Bonchev–Trinajstić information content (AvgIpc) is 2.65. The zero-order valence-corrected chi connectivity index (χ0v) is 14.4. The van der Waals surface area contributed by atoms with Crippen LogP contribution in [0.5, 0.6) is 0 Å². The Bertz CT molecular complexity index is 948. The van der Waals surface area contributed by atoms with Crippen molar-refractivity contribution in [3.63, 3.8) is 0 Å². The summed E-state index contributed by atoms with van der Waals surface area (Å²) in [7, 11) is 1.56. The van der Waals surface area contributed by atoms with Crippen molar-refractivity contribution in [2.75, 3.05) is 0 Å². The van der Waals surface area contributed by atoms with Gasteiger partial charge in [-0.05, 0) is 18.1 Å². The zero-order valence-electron chi connectivity index (χ0n) is 14.4. The highest BCUT2D eigenvalue weighted by molar-refractivity contribution is 6.04. The van der Waals surface area contributed by atoms with Gasteiger partial charge in [0, 0.05) is 12.4 Å². The molecule has 1 heterocycles. The number of carbonyl (C=O) groups excluding carboxylic acids is 1. The highest BCUT2D eigenvalue weighted by atomic mass is 16.2. The summed E-state index contributed by atoms with van der Waals surface area (Å²) in [6.07, 6.45) is 1.78. The van der Waals surface area contributed by atoms with E-state index in [1.54, 1.807) is 31.3 Å². The number of nitrogens with one attached hydrogen (secondary N) is 1. The molecule has 1 N–H and O–H groups in total. The number of fused-ring (bicyclic) bond motifs is 1. The Morgan fingerprint density at radius 1 is 1.08 bits per heavy atom. The molecular weight excluding hydrogens is 314 g/mol. The molecule has 5 heteroatoms. The molecule has 0 bridgehead atoms. The molecule has 1 unspecified atom stereocenters. The van der Waals surface area contributed by atoms with E-state index < -0.39 is 0 Å². The molecular formula is C20H21N3O2. The third kappa shape index (κ3) is 3.45. The van der Waals surface area contributed by atoms with Crippen LogP contribution in [0.25, 0.3) is 10.8 Å². The SMILES string of the molecule is CCCC(NC(=O)c1nn(C)c(=O)c2ccccc12)c1ccccc1. The lowest BCUT2D eigenvalue weighted by Gasteiger charge is -2.19. The van der Waals surface area contributed by atoms with Gasteiger partial charge in [-0.3, -0.25) is 9.59 Å². The number of hydrogen-bond donors (Lipinski definition) is 1. The van der Waals surface area contributed by atoms with Crippen LogP contribution in [0.4, 0.5) is 0 Å². The smallest absolute Gasteiger partial charge is 0.274 e. The number of nitrogens with zero attached hydrogens (tertiary/aromatic N) is 2. The third-order valence-electron chi connectivity index (χ3n) is 4.26. The molecule has 0 aliphatic carbocycles. The lowest BCUT2D eigenvalue weighted by molar-refractivity contribution is 0.0929. The van der Waals surface area contributed by atoms with Gasteiger partial charge < -0.3 is 5.32 Å². The van der Waals surface area contributed by atoms with Gasteiger partial charge in [0.15, 0.2) is 5.69 Å². The Morgan fingerprint density at radius 2 is 1.72 bits per heavy atom. The van der Waals surface area contributed by atoms with Crippen LogP contribution in [0, 0.1) is 0 Å². The second kappa shape index (κ2) is 7.30. The van der Waals surface area contributed by atoms with Gasteiger partial charge in [-0.2, -0.15) is 5.10 Å². The predicted molar refractivity (Wildman–Crippen MR) is 98.5 cm³/mol. The summed E-state index contributed by atoms with van der Waals surface area (Å²) >= 11 is 0. The number of amides is 1. The molecule has 0 aliphatic heterocycles. The van der Waals surface area contributed by atoms with Crippen molar-refractivity contribution in [3.05, 3.63) is 76.2 Å². The number of aromatic nitrogens is 2. The van der Waals surface area contributed by atoms with Gasteiger partial charge in [0.2, 0.25) is 0 Å². The van der Waals surface area contributed by atoms with Crippen LogP contribution in [0.2, 0.25) is 0 Å². The van der Waals surface area contributed by atoms with E-state index in [0.717, 1.165) is 18.4 Å².